The van der Waals surface area contributed by atoms with Gasteiger partial charge in [0.1, 0.15) is 17.0 Å². The highest BCUT2D eigenvalue weighted by atomic mass is 16.6. The number of rotatable bonds is 5. The van der Waals surface area contributed by atoms with Crippen LogP contribution in [-0.2, 0) is 16.0 Å². The van der Waals surface area contributed by atoms with E-state index in [1.165, 1.54) is 0 Å². The van der Waals surface area contributed by atoms with Crippen LogP contribution in [0.5, 0.6) is 0 Å². The molecule has 7 heteroatoms. The second-order valence-corrected chi connectivity index (χ2v) is 7.93. The van der Waals surface area contributed by atoms with Gasteiger partial charge in [-0.2, -0.15) is 0 Å². The molecule has 30 heavy (non-hydrogen) atoms. The number of carboxylic acid groups (broad SMARTS) is 1. The van der Waals surface area contributed by atoms with Crippen LogP contribution in [0.4, 0.5) is 10.5 Å². The number of amides is 1. The molecule has 1 amide bonds. The van der Waals surface area contributed by atoms with Gasteiger partial charge in [-0.1, -0.05) is 53.7 Å². The van der Waals surface area contributed by atoms with Gasteiger partial charge in [-0.15, -0.1) is 0 Å². The number of ether oxygens (including phenoxy) is 1. The van der Waals surface area contributed by atoms with Gasteiger partial charge in [0, 0.05) is 5.56 Å². The lowest BCUT2D eigenvalue weighted by Crippen LogP contribution is -2.27. The van der Waals surface area contributed by atoms with Gasteiger partial charge in [0.15, 0.2) is 5.76 Å². The number of anilines is 1. The Morgan fingerprint density at radius 1 is 1.00 bits per heavy atom. The minimum atomic E-state index is -0.856. The summed E-state index contributed by atoms with van der Waals surface area (Å²) in [6.07, 6.45) is -0.578. The van der Waals surface area contributed by atoms with Gasteiger partial charge < -0.3 is 14.4 Å². The summed E-state index contributed by atoms with van der Waals surface area (Å²) in [6.45, 7) is 7.10. The van der Waals surface area contributed by atoms with E-state index in [9.17, 15) is 9.59 Å². The summed E-state index contributed by atoms with van der Waals surface area (Å²) >= 11 is 0. The van der Waals surface area contributed by atoms with E-state index in [1.54, 1.807) is 39.8 Å². The molecule has 0 spiro atoms. The van der Waals surface area contributed by atoms with Crippen LogP contribution >= 0.6 is 0 Å². The Hall–Kier alpha value is -3.61. The Kier molecular flexibility index (Phi) is 5.91. The number of aliphatic carboxylic acids is 1. The third-order valence-electron chi connectivity index (χ3n) is 4.29. The van der Waals surface area contributed by atoms with Crippen LogP contribution in [0.2, 0.25) is 0 Å². The molecule has 0 aliphatic heterocycles. The summed E-state index contributed by atoms with van der Waals surface area (Å²) < 4.78 is 10.6. The second kappa shape index (κ2) is 8.41. The highest BCUT2D eigenvalue weighted by Gasteiger charge is 2.21. The third kappa shape index (κ3) is 5.26. The Balaban J connectivity index is 1.80. The van der Waals surface area contributed by atoms with Crippen LogP contribution in [0.15, 0.2) is 53.1 Å². The molecule has 1 aromatic heterocycles. The number of aromatic nitrogens is 1. The maximum atomic E-state index is 12.2. The molecule has 0 radical (unpaired) electrons. The van der Waals surface area contributed by atoms with Gasteiger partial charge >= 0.3 is 12.1 Å². The molecule has 2 aromatic carbocycles. The highest BCUT2D eigenvalue weighted by Crippen LogP contribution is 2.32. The van der Waals surface area contributed by atoms with E-state index < -0.39 is 17.7 Å². The maximum absolute atomic E-state index is 12.2. The van der Waals surface area contributed by atoms with E-state index in [0.717, 1.165) is 22.3 Å². The number of nitrogens with zero attached hydrogens (tertiary/aromatic N) is 1. The molecule has 2 N–H and O–H groups in total. The van der Waals surface area contributed by atoms with Crippen LogP contribution < -0.4 is 5.32 Å². The summed E-state index contributed by atoms with van der Waals surface area (Å²) in [5.41, 5.74) is 3.85. The first-order valence-electron chi connectivity index (χ1n) is 9.50. The molecule has 0 fully saturated rings. The van der Waals surface area contributed by atoms with Crippen molar-refractivity contribution in [1.82, 2.24) is 5.16 Å². The summed E-state index contributed by atoms with van der Waals surface area (Å²) in [6, 6.07) is 15.0. The Bertz CT molecular complexity index is 1040. The predicted molar refractivity (Wildman–Crippen MR) is 113 cm³/mol. The monoisotopic (exact) mass is 408 g/mol. The molecule has 0 atom stereocenters. The number of carbonyl (C=O) groups is 2. The van der Waals surface area contributed by atoms with Crippen molar-refractivity contribution in [1.29, 1.82) is 0 Å². The Morgan fingerprint density at radius 3 is 2.07 bits per heavy atom. The average molecular weight is 408 g/mol. The van der Waals surface area contributed by atoms with E-state index in [4.69, 9.17) is 14.4 Å². The van der Waals surface area contributed by atoms with Crippen molar-refractivity contribution in [3.05, 3.63) is 59.9 Å². The molecule has 0 aliphatic carbocycles. The number of hydrogen-bond donors (Lipinski definition) is 2. The van der Waals surface area contributed by atoms with Crippen molar-refractivity contribution >= 4 is 17.7 Å². The molecule has 7 nitrogen and oxygen atoms in total. The molecule has 156 valence electrons. The quantitative estimate of drug-likeness (QED) is 0.595. The lowest BCUT2D eigenvalue weighted by Gasteiger charge is -2.19. The fourth-order valence-electron chi connectivity index (χ4n) is 2.93. The summed E-state index contributed by atoms with van der Waals surface area (Å²) in [5, 5.41) is 15.7. The first kappa shape index (κ1) is 21.1. The van der Waals surface area contributed by atoms with Gasteiger partial charge in [-0.3, -0.25) is 10.1 Å². The molecule has 0 aliphatic rings. The average Bonchev–Trinajstić information content (AvgIpc) is 3.01. The smallest absolute Gasteiger partial charge is 0.412 e. The molecular weight excluding hydrogens is 384 g/mol. The Labute approximate surface area is 174 Å². The van der Waals surface area contributed by atoms with Crippen molar-refractivity contribution < 1.29 is 24.0 Å². The standard InChI is InChI=1S/C23H24N2O5/c1-14-20(24-22(28)29-23(2,3)4)21(25-30-14)18-11-9-17(10-12-18)16-7-5-15(6-8-16)13-19(26)27/h5-12H,13H2,1-4H3,(H,24,28)(H,26,27). The van der Waals surface area contributed by atoms with Crippen LogP contribution in [0.1, 0.15) is 32.1 Å². The minimum absolute atomic E-state index is 0.00183. The zero-order valence-corrected chi connectivity index (χ0v) is 17.4. The van der Waals surface area contributed by atoms with Crippen molar-refractivity contribution in [2.45, 2.75) is 39.7 Å². The predicted octanol–water partition coefficient (Wildman–Crippen LogP) is 5.29. The Morgan fingerprint density at radius 2 is 1.53 bits per heavy atom. The number of carboxylic acids is 1. The topological polar surface area (TPSA) is 102 Å². The van der Waals surface area contributed by atoms with Gasteiger partial charge in [0.2, 0.25) is 0 Å². The molecule has 0 bridgehead atoms. The van der Waals surface area contributed by atoms with Gasteiger partial charge in [0.25, 0.3) is 0 Å². The van der Waals surface area contributed by atoms with Crippen molar-refractivity contribution in [3.8, 4) is 22.4 Å². The van der Waals surface area contributed by atoms with Gasteiger partial charge in [0.05, 0.1) is 6.42 Å². The van der Waals surface area contributed by atoms with Crippen molar-refractivity contribution in [2.24, 2.45) is 0 Å². The summed E-state index contributed by atoms with van der Waals surface area (Å²) in [7, 11) is 0. The lowest BCUT2D eigenvalue weighted by atomic mass is 10.0. The van der Waals surface area contributed by atoms with Crippen LogP contribution in [0.25, 0.3) is 22.4 Å². The molecular formula is C23H24N2O5. The van der Waals surface area contributed by atoms with E-state index in [-0.39, 0.29) is 6.42 Å². The normalized spacial score (nSPS) is 11.2. The highest BCUT2D eigenvalue weighted by molar-refractivity contribution is 5.91. The molecule has 1 heterocycles. The SMILES string of the molecule is Cc1onc(-c2ccc(-c3ccc(CC(=O)O)cc3)cc2)c1NC(=O)OC(C)(C)C. The number of hydrogen-bond acceptors (Lipinski definition) is 5. The maximum Gasteiger partial charge on any atom is 0.412 e. The fourth-order valence-corrected chi connectivity index (χ4v) is 2.93. The van der Waals surface area contributed by atoms with E-state index >= 15 is 0 Å². The third-order valence-corrected chi connectivity index (χ3v) is 4.29. The van der Waals surface area contributed by atoms with Gasteiger partial charge in [-0.25, -0.2) is 4.79 Å². The van der Waals surface area contributed by atoms with Crippen LogP contribution in [0, 0.1) is 6.92 Å². The zero-order chi connectivity index (χ0) is 21.9. The first-order valence-corrected chi connectivity index (χ1v) is 9.50. The number of carbonyl (C=O) groups excluding carboxylic acids is 1. The number of benzene rings is 2. The molecule has 0 saturated heterocycles. The molecule has 0 saturated carbocycles. The van der Waals surface area contributed by atoms with Gasteiger partial charge in [-0.05, 0) is 44.4 Å². The number of nitrogens with one attached hydrogen (secondary N) is 1. The largest absolute Gasteiger partial charge is 0.481 e. The fraction of sp³-hybridized carbons (Fsp3) is 0.261. The van der Waals surface area contributed by atoms with E-state index in [0.29, 0.717) is 17.1 Å². The van der Waals surface area contributed by atoms with E-state index in [2.05, 4.69) is 10.5 Å². The number of aryl methyl sites for hydroxylation is 1. The van der Waals surface area contributed by atoms with Crippen LogP contribution in [0.3, 0.4) is 0 Å². The molecule has 3 rings (SSSR count). The second-order valence-electron chi connectivity index (χ2n) is 7.93. The molecule has 3 aromatic rings. The van der Waals surface area contributed by atoms with Crippen LogP contribution in [-0.4, -0.2) is 27.9 Å². The zero-order valence-electron chi connectivity index (χ0n) is 17.4. The summed E-state index contributed by atoms with van der Waals surface area (Å²) in [4.78, 5) is 23.0. The first-order chi connectivity index (χ1) is 14.1. The lowest BCUT2D eigenvalue weighted by molar-refractivity contribution is -0.136. The van der Waals surface area contributed by atoms with E-state index in [1.807, 2.05) is 36.4 Å². The van der Waals surface area contributed by atoms with Crippen molar-refractivity contribution in [2.75, 3.05) is 5.32 Å². The minimum Gasteiger partial charge on any atom is -0.481 e. The summed E-state index contributed by atoms with van der Waals surface area (Å²) in [5.74, 6) is -0.375. The van der Waals surface area contributed by atoms with Crippen molar-refractivity contribution in [3.63, 3.8) is 0 Å². The molecule has 0 unspecified atom stereocenters.